The van der Waals surface area contributed by atoms with E-state index in [2.05, 4.69) is 13.8 Å². The van der Waals surface area contributed by atoms with E-state index >= 15 is 0 Å². The summed E-state index contributed by atoms with van der Waals surface area (Å²) in [5.74, 6) is 0.821. The number of unbranched alkanes of at least 4 members (excludes halogenated alkanes) is 2. The van der Waals surface area contributed by atoms with E-state index in [9.17, 15) is 9.59 Å². The fraction of sp³-hybridized carbons (Fsp3) is 0.583. The number of para-hydroxylation sites is 1. The molecule has 5 nitrogen and oxygen atoms in total. The van der Waals surface area contributed by atoms with E-state index in [1.807, 2.05) is 39.0 Å². The lowest BCUT2D eigenvalue weighted by atomic mass is 9.91. The molecule has 29 heavy (non-hydrogen) atoms. The number of rotatable bonds is 11. The van der Waals surface area contributed by atoms with Crippen molar-refractivity contribution in [2.75, 3.05) is 13.2 Å². The molecule has 0 aliphatic rings. The van der Waals surface area contributed by atoms with Crippen LogP contribution in [0.15, 0.2) is 33.5 Å². The second kappa shape index (κ2) is 10.5. The average Bonchev–Trinajstić information content (AvgIpc) is 2.68. The maximum Gasteiger partial charge on any atom is 0.343 e. The summed E-state index contributed by atoms with van der Waals surface area (Å²) < 4.78 is 16.9. The Hall–Kier alpha value is -2.30. The van der Waals surface area contributed by atoms with Gasteiger partial charge in [-0.15, -0.1) is 0 Å². The fourth-order valence-corrected chi connectivity index (χ4v) is 2.97. The quantitative estimate of drug-likeness (QED) is 0.281. The van der Waals surface area contributed by atoms with Gasteiger partial charge >= 0.3 is 11.6 Å². The zero-order chi connectivity index (χ0) is 21.4. The van der Waals surface area contributed by atoms with Gasteiger partial charge in [-0.3, -0.25) is 4.79 Å². The summed E-state index contributed by atoms with van der Waals surface area (Å²) in [4.78, 5) is 24.4. The van der Waals surface area contributed by atoms with Crippen LogP contribution in [0.5, 0.6) is 5.75 Å². The molecule has 0 atom stereocenters. The van der Waals surface area contributed by atoms with Crippen LogP contribution in [-0.4, -0.2) is 19.2 Å². The van der Waals surface area contributed by atoms with E-state index in [1.54, 1.807) is 6.07 Å². The third kappa shape index (κ3) is 6.34. The molecule has 0 N–H and O–H groups in total. The van der Waals surface area contributed by atoms with Crippen molar-refractivity contribution < 1.29 is 18.7 Å². The number of esters is 1. The smallest absolute Gasteiger partial charge is 0.343 e. The van der Waals surface area contributed by atoms with Gasteiger partial charge in [-0.05, 0) is 64.0 Å². The molecule has 0 saturated heterocycles. The molecule has 1 heterocycles. The van der Waals surface area contributed by atoms with Crippen LogP contribution >= 0.6 is 0 Å². The first-order valence-electron chi connectivity index (χ1n) is 10.6. The minimum absolute atomic E-state index is 0.142. The molecule has 0 amide bonds. The Labute approximate surface area is 173 Å². The molecule has 0 spiro atoms. The Morgan fingerprint density at radius 1 is 1.10 bits per heavy atom. The van der Waals surface area contributed by atoms with Gasteiger partial charge in [0.15, 0.2) is 0 Å². The maximum atomic E-state index is 12.4. The number of ether oxygens (including phenoxy) is 2. The average molecular weight is 403 g/mol. The van der Waals surface area contributed by atoms with Gasteiger partial charge in [-0.25, -0.2) is 4.79 Å². The van der Waals surface area contributed by atoms with E-state index in [1.165, 1.54) is 0 Å². The SMILES string of the molecule is CCC(C)(C)C(=O)OCCCCCOc1c(CC(C)C)c(=O)oc2ccccc12. The van der Waals surface area contributed by atoms with Crippen molar-refractivity contribution in [1.29, 1.82) is 0 Å². The predicted molar refractivity (Wildman–Crippen MR) is 115 cm³/mol. The fourth-order valence-electron chi connectivity index (χ4n) is 2.97. The Balaban J connectivity index is 1.92. The molecule has 0 aliphatic heterocycles. The van der Waals surface area contributed by atoms with Crippen molar-refractivity contribution in [3.05, 3.63) is 40.2 Å². The van der Waals surface area contributed by atoms with Crippen LogP contribution in [0.25, 0.3) is 11.0 Å². The highest BCUT2D eigenvalue weighted by Gasteiger charge is 2.26. The summed E-state index contributed by atoms with van der Waals surface area (Å²) in [5.41, 5.74) is 0.406. The molecule has 1 aromatic heterocycles. The highest BCUT2D eigenvalue weighted by Crippen LogP contribution is 2.29. The summed E-state index contributed by atoms with van der Waals surface area (Å²) in [6.07, 6.45) is 3.89. The van der Waals surface area contributed by atoms with E-state index in [0.717, 1.165) is 31.1 Å². The van der Waals surface area contributed by atoms with Gasteiger partial charge < -0.3 is 13.9 Å². The summed E-state index contributed by atoms with van der Waals surface area (Å²) >= 11 is 0. The molecule has 160 valence electrons. The number of hydrogen-bond donors (Lipinski definition) is 0. The summed E-state index contributed by atoms with van der Waals surface area (Å²) in [7, 11) is 0. The molecule has 5 heteroatoms. The van der Waals surface area contributed by atoms with E-state index in [0.29, 0.717) is 42.4 Å². The van der Waals surface area contributed by atoms with Crippen molar-refractivity contribution in [3.8, 4) is 5.75 Å². The molecule has 0 bridgehead atoms. The number of benzene rings is 1. The summed E-state index contributed by atoms with van der Waals surface area (Å²) in [6.45, 7) is 10.9. The minimum atomic E-state index is -0.425. The maximum absolute atomic E-state index is 12.4. The minimum Gasteiger partial charge on any atom is -0.492 e. The second-order valence-electron chi connectivity index (χ2n) is 8.57. The van der Waals surface area contributed by atoms with E-state index in [-0.39, 0.29) is 11.6 Å². The first kappa shape index (κ1) is 23.0. The van der Waals surface area contributed by atoms with Gasteiger partial charge in [-0.1, -0.05) is 32.9 Å². The Morgan fingerprint density at radius 2 is 1.79 bits per heavy atom. The monoisotopic (exact) mass is 402 g/mol. The van der Waals surface area contributed by atoms with Crippen LogP contribution in [-0.2, 0) is 16.0 Å². The normalized spacial score (nSPS) is 11.8. The van der Waals surface area contributed by atoms with Crippen LogP contribution in [0.1, 0.15) is 65.9 Å². The first-order chi connectivity index (χ1) is 13.8. The summed E-state index contributed by atoms with van der Waals surface area (Å²) in [6, 6.07) is 7.47. The third-order valence-corrected chi connectivity index (χ3v) is 5.17. The van der Waals surface area contributed by atoms with Gasteiger partial charge in [0.05, 0.1) is 29.6 Å². The third-order valence-electron chi connectivity index (χ3n) is 5.17. The topological polar surface area (TPSA) is 65.7 Å². The molecule has 2 aromatic rings. The van der Waals surface area contributed by atoms with Crippen molar-refractivity contribution in [2.24, 2.45) is 11.3 Å². The van der Waals surface area contributed by atoms with Crippen LogP contribution < -0.4 is 10.4 Å². The van der Waals surface area contributed by atoms with Crippen LogP contribution in [0.2, 0.25) is 0 Å². The van der Waals surface area contributed by atoms with Gasteiger partial charge in [-0.2, -0.15) is 0 Å². The standard InChI is InChI=1S/C24H34O5/c1-6-24(4,5)23(26)28-15-11-7-10-14-27-21-18-12-8-9-13-20(18)29-22(25)19(21)16-17(2)3/h8-9,12-13,17H,6-7,10-11,14-16H2,1-5H3. The molecule has 0 aliphatic carbocycles. The molecule has 0 fully saturated rings. The molecular formula is C24H34O5. The molecular weight excluding hydrogens is 368 g/mol. The Bertz CT molecular complexity index is 863. The number of hydrogen-bond acceptors (Lipinski definition) is 5. The van der Waals surface area contributed by atoms with Crippen LogP contribution in [0.3, 0.4) is 0 Å². The lowest BCUT2D eigenvalue weighted by molar-refractivity contribution is -0.154. The second-order valence-corrected chi connectivity index (χ2v) is 8.57. The van der Waals surface area contributed by atoms with Crippen molar-refractivity contribution in [1.82, 2.24) is 0 Å². The van der Waals surface area contributed by atoms with Crippen LogP contribution in [0.4, 0.5) is 0 Å². The van der Waals surface area contributed by atoms with E-state index in [4.69, 9.17) is 13.9 Å². The lowest BCUT2D eigenvalue weighted by Gasteiger charge is -2.20. The highest BCUT2D eigenvalue weighted by atomic mass is 16.5. The van der Waals surface area contributed by atoms with Crippen molar-refractivity contribution >= 4 is 16.9 Å². The predicted octanol–water partition coefficient (Wildman–Crippen LogP) is 5.52. The largest absolute Gasteiger partial charge is 0.492 e. The van der Waals surface area contributed by atoms with Gasteiger partial charge in [0, 0.05) is 0 Å². The van der Waals surface area contributed by atoms with E-state index < -0.39 is 5.41 Å². The van der Waals surface area contributed by atoms with Crippen LogP contribution in [0, 0.1) is 11.3 Å². The molecule has 0 radical (unpaired) electrons. The molecule has 2 rings (SSSR count). The number of carbonyl (C=O) groups is 1. The first-order valence-corrected chi connectivity index (χ1v) is 10.6. The molecule has 0 unspecified atom stereocenters. The zero-order valence-corrected chi connectivity index (χ0v) is 18.4. The molecule has 0 saturated carbocycles. The highest BCUT2D eigenvalue weighted by molar-refractivity contribution is 5.84. The van der Waals surface area contributed by atoms with Gasteiger partial charge in [0.25, 0.3) is 0 Å². The summed E-state index contributed by atoms with van der Waals surface area (Å²) in [5, 5.41) is 0.832. The number of fused-ring (bicyclic) bond motifs is 1. The number of carbonyl (C=O) groups excluding carboxylic acids is 1. The zero-order valence-electron chi connectivity index (χ0n) is 18.4. The van der Waals surface area contributed by atoms with Gasteiger partial charge in [0.2, 0.25) is 0 Å². The Morgan fingerprint density at radius 3 is 2.48 bits per heavy atom. The Kier molecular flexibility index (Phi) is 8.30. The van der Waals surface area contributed by atoms with Crippen molar-refractivity contribution in [2.45, 2.75) is 66.7 Å². The van der Waals surface area contributed by atoms with Gasteiger partial charge in [0.1, 0.15) is 11.3 Å². The lowest BCUT2D eigenvalue weighted by Crippen LogP contribution is -2.26. The molecule has 1 aromatic carbocycles. The van der Waals surface area contributed by atoms with Crippen molar-refractivity contribution in [3.63, 3.8) is 0 Å².